The predicted molar refractivity (Wildman–Crippen MR) is 352 cm³/mol. The van der Waals surface area contributed by atoms with E-state index in [-0.39, 0.29) is 0 Å². The maximum Gasteiger partial charge on any atom is 0.143 e. The fourth-order valence-electron chi connectivity index (χ4n) is 14.0. The van der Waals surface area contributed by atoms with Gasteiger partial charge in [-0.15, -0.1) is 56.7 Å². The number of rotatable bonds is 16. The van der Waals surface area contributed by atoms with Crippen LogP contribution in [-0.2, 0) is 11.2 Å². The van der Waals surface area contributed by atoms with E-state index in [9.17, 15) is 10.2 Å². The molecule has 5 heterocycles. The van der Waals surface area contributed by atoms with Crippen LogP contribution >= 0.6 is 76.7 Å². The summed E-state index contributed by atoms with van der Waals surface area (Å²) in [4.78, 5) is 4.44. The van der Waals surface area contributed by atoms with Crippen LogP contribution in [0.1, 0.15) is 161 Å². The zero-order valence-electron chi connectivity index (χ0n) is 49.5. The van der Waals surface area contributed by atoms with Crippen LogP contribution in [0.25, 0.3) is 38.3 Å². The summed E-state index contributed by atoms with van der Waals surface area (Å²) in [5.74, 6) is 0. The van der Waals surface area contributed by atoms with Crippen molar-refractivity contribution >= 4 is 95.5 Å². The van der Waals surface area contributed by atoms with Crippen LogP contribution in [-0.4, -0.2) is 41.7 Å². The molecule has 77 heavy (non-hydrogen) atoms. The van der Waals surface area contributed by atoms with Gasteiger partial charge in [-0.25, -0.2) is 0 Å². The van der Waals surface area contributed by atoms with Gasteiger partial charge in [0.2, 0.25) is 0 Å². The molecule has 0 amide bonds. The molecule has 0 saturated heterocycles. The smallest absolute Gasteiger partial charge is 0.143 e. The van der Waals surface area contributed by atoms with E-state index >= 15 is 0 Å². The van der Waals surface area contributed by atoms with E-state index in [1.54, 1.807) is 26.9 Å². The van der Waals surface area contributed by atoms with Crippen LogP contribution in [0.2, 0.25) is 0 Å². The minimum atomic E-state index is -1.58. The van der Waals surface area contributed by atoms with Gasteiger partial charge in [-0.1, -0.05) is 200 Å². The lowest BCUT2D eigenvalue weighted by Gasteiger charge is -2.50. The van der Waals surface area contributed by atoms with Crippen molar-refractivity contribution in [2.75, 3.05) is 0 Å². The molecule has 2 N–H and O–H groups in total. The molecule has 0 unspecified atom stereocenters. The van der Waals surface area contributed by atoms with E-state index in [1.165, 1.54) is 18.5 Å². The molecule has 410 valence electrons. The van der Waals surface area contributed by atoms with E-state index < -0.39 is 31.3 Å². The average molecular weight is 1160 g/mol. The first-order valence-corrected chi connectivity index (χ1v) is 35.5. The van der Waals surface area contributed by atoms with Gasteiger partial charge in [-0.2, -0.15) is 20.1 Å². The van der Waals surface area contributed by atoms with Gasteiger partial charge in [-0.05, 0) is 133 Å². The second-order valence-corrected chi connectivity index (χ2v) is 39.4. The Hall–Kier alpha value is -3.48. The van der Waals surface area contributed by atoms with Gasteiger partial charge in [0.15, 0.2) is 0 Å². The highest BCUT2D eigenvalue weighted by Gasteiger charge is 2.47. The molecule has 0 bridgehead atoms. The van der Waals surface area contributed by atoms with Crippen molar-refractivity contribution in [2.24, 2.45) is 0 Å². The third-order valence-electron chi connectivity index (χ3n) is 16.4. The Morgan fingerprint density at radius 1 is 0.325 bits per heavy atom. The molecule has 0 spiro atoms. The topological polar surface area (TPSA) is 40.5 Å². The second kappa shape index (κ2) is 21.4. The largest absolute Gasteiger partial charge is 0.376 e. The van der Waals surface area contributed by atoms with Crippen LogP contribution in [0.15, 0.2) is 105 Å². The van der Waals surface area contributed by atoms with Crippen LogP contribution in [0, 0.1) is 55.4 Å². The van der Waals surface area contributed by atoms with Crippen molar-refractivity contribution in [2.45, 2.75) is 190 Å². The minimum absolute atomic E-state index is 0.484. The molecular weight excluding hydrogens is 1070 g/mol. The van der Waals surface area contributed by atoms with Crippen molar-refractivity contribution in [1.82, 2.24) is 0 Å². The molecule has 4 aromatic carbocycles. The first-order valence-electron chi connectivity index (χ1n) is 27.7. The third-order valence-corrected chi connectivity index (χ3v) is 35.5. The summed E-state index contributed by atoms with van der Waals surface area (Å²) >= 11 is 9.37. The zero-order valence-corrected chi connectivity index (χ0v) is 55.2. The summed E-state index contributed by atoms with van der Waals surface area (Å²) < 4.78 is 7.68. The predicted octanol–water partition coefficient (Wildman–Crippen LogP) is 21.4. The minimum Gasteiger partial charge on any atom is -0.376 e. The maximum absolute atomic E-state index is 14.8. The molecule has 0 aliphatic heterocycles. The van der Waals surface area contributed by atoms with Gasteiger partial charge in [0, 0.05) is 38.7 Å². The van der Waals surface area contributed by atoms with Gasteiger partial charge in [-0.3, -0.25) is 0 Å². The lowest BCUT2D eigenvalue weighted by molar-refractivity contribution is 0.127. The lowest BCUT2D eigenvalue weighted by atomic mass is 9.77. The van der Waals surface area contributed by atoms with Crippen molar-refractivity contribution in [3.05, 3.63) is 175 Å². The van der Waals surface area contributed by atoms with Gasteiger partial charge < -0.3 is 10.2 Å². The molecule has 0 aliphatic carbocycles. The lowest BCUT2D eigenvalue weighted by Crippen LogP contribution is -2.30. The number of fused-ring (bicyclic) bond motifs is 2. The highest BCUT2D eigenvalue weighted by atomic mass is 32.3. The zero-order chi connectivity index (χ0) is 56.2. The van der Waals surface area contributed by atoms with Crippen molar-refractivity contribution < 1.29 is 10.2 Å². The summed E-state index contributed by atoms with van der Waals surface area (Å²) in [6.45, 7) is 46.4. The summed E-state index contributed by atoms with van der Waals surface area (Å²) in [7, 11) is -2.42. The monoisotopic (exact) mass is 1160 g/mol. The fourth-order valence-corrected chi connectivity index (χ4v) is 35.3. The highest BCUT2D eigenvalue weighted by Crippen LogP contribution is 2.71. The third kappa shape index (κ3) is 9.63. The van der Waals surface area contributed by atoms with Gasteiger partial charge in [0.25, 0.3) is 0 Å². The first-order chi connectivity index (χ1) is 36.1. The Balaban J connectivity index is 1.50. The number of aliphatic hydroxyl groups is 2. The van der Waals surface area contributed by atoms with Crippen molar-refractivity contribution in [3.8, 4) is 19.5 Å². The highest BCUT2D eigenvalue weighted by molar-refractivity contribution is 8.36. The van der Waals surface area contributed by atoms with E-state index in [4.69, 9.17) is 0 Å². The Morgan fingerprint density at radius 2 is 0.623 bits per heavy atom. The summed E-state index contributed by atoms with van der Waals surface area (Å²) in [5.41, 5.74) is 10.9. The molecule has 9 heteroatoms. The summed E-state index contributed by atoms with van der Waals surface area (Å²) in [6, 6.07) is 36.3. The molecule has 0 atom stereocenters. The Labute approximate surface area is 485 Å². The quantitative estimate of drug-likeness (QED) is 0.101. The van der Waals surface area contributed by atoms with Gasteiger partial charge in [0.05, 0.1) is 19.2 Å². The molecule has 2 nitrogen and oxygen atoms in total. The Morgan fingerprint density at radius 3 is 0.935 bits per heavy atom. The Bertz CT molecular complexity index is 3390. The summed E-state index contributed by atoms with van der Waals surface area (Å²) in [6.07, 6.45) is 0. The number of aryl methyl sites for hydroxylation is 8. The van der Waals surface area contributed by atoms with E-state index in [2.05, 4.69) is 236 Å². The molecule has 0 fully saturated rings. The number of thiophene rings is 5. The number of benzene rings is 4. The van der Waals surface area contributed by atoms with Crippen molar-refractivity contribution in [3.63, 3.8) is 0 Å². The van der Waals surface area contributed by atoms with Crippen LogP contribution in [0.4, 0.5) is 0 Å². The first kappa shape index (κ1) is 58.2. The fraction of sp³-hybridized carbons (Fsp3) is 0.412. The van der Waals surface area contributed by atoms with Gasteiger partial charge >= 0.3 is 0 Å². The molecule has 0 aliphatic rings. The molecule has 0 radical (unpaired) electrons. The van der Waals surface area contributed by atoms with E-state index in [0.717, 1.165) is 102 Å². The average Bonchev–Trinajstić information content (AvgIpc) is 4.14. The van der Waals surface area contributed by atoms with Gasteiger partial charge in [0.1, 0.15) is 11.2 Å². The van der Waals surface area contributed by atoms with Crippen molar-refractivity contribution in [1.29, 1.82) is 0 Å². The Kier molecular flexibility index (Phi) is 16.2. The molecule has 9 rings (SSSR count). The molecular formula is C68H84O2S7. The van der Waals surface area contributed by atoms with Crippen LogP contribution in [0.5, 0.6) is 0 Å². The second-order valence-electron chi connectivity index (χ2n) is 24.0. The SMILES string of the molecule is Cc1cc(C)cc(C(O)(c2cc(C)cc(C)c2)c2c(-c3ccc(S(C(C)C)(C(C)C)C(C)C)s3)sc3c(C(O)(c4cc(C)cc(C)c4)c4cc(C)cc(C)c4)c(-c4cc5sc(S(C(C)C)(C(C)C)C(C)C)cc5s4)sc23)c1. The summed E-state index contributed by atoms with van der Waals surface area (Å²) in [5, 5.41) is 32.8. The maximum atomic E-state index is 14.8. The van der Waals surface area contributed by atoms with E-state index in [0.29, 0.717) is 31.5 Å². The normalized spacial score (nSPS) is 13.7. The van der Waals surface area contributed by atoms with Crippen LogP contribution in [0.3, 0.4) is 0 Å². The number of hydrogen-bond acceptors (Lipinski definition) is 7. The number of hydrogen-bond donors (Lipinski definition) is 2. The standard InChI is InChI=1S/C68H84O2S7/c1-37(2)76(38(3)4,39(5)6)59-22-21-55(72-59)63-61(67(69,51-27-43(13)23-44(14)28-51)52-29-45(15)24-46(16)30-52)65-66(74-63)62(68(70,53-31-47(17)25-48(18)32-53)54-33-49(19)26-50(20)34-54)64(75-65)58-35-56-57(71-58)36-60(73-56)77(40(7)8,41(9)10)42(11)12/h21-42,69-70H,1-20H3. The van der Waals surface area contributed by atoms with E-state index in [1.807, 2.05) is 34.0 Å². The van der Waals surface area contributed by atoms with Crippen LogP contribution < -0.4 is 0 Å². The molecule has 9 aromatic rings. The molecule has 0 saturated carbocycles. The molecule has 5 aromatic heterocycles.